The molecule has 6 aromatic carbocycles. The van der Waals surface area contributed by atoms with Gasteiger partial charge >= 0.3 is 0 Å². The van der Waals surface area contributed by atoms with Crippen LogP contribution in [0.2, 0.25) is 0 Å². The molecular weight excluding hydrogens is 999 g/mol. The summed E-state index contributed by atoms with van der Waals surface area (Å²) in [6, 6.07) is 39.2. The van der Waals surface area contributed by atoms with Crippen LogP contribution in [0.4, 0.5) is 13.2 Å². The van der Waals surface area contributed by atoms with Gasteiger partial charge in [-0.25, -0.2) is 13.2 Å². The fraction of sp³-hybridized carbons (Fsp3) is 0.339. The maximum atomic E-state index is 17.4. The molecule has 0 unspecified atom stereocenters. The van der Waals surface area contributed by atoms with Gasteiger partial charge in [0.1, 0.15) is 17.5 Å². The molecule has 0 N–H and O–H groups in total. The van der Waals surface area contributed by atoms with Gasteiger partial charge in [0.2, 0.25) is 0 Å². The average Bonchev–Trinajstić information content (AvgIpc) is 3.27. The fourth-order valence-electron chi connectivity index (χ4n) is 10.5. The summed E-state index contributed by atoms with van der Waals surface area (Å²) in [5, 5.41) is 0. The zero-order valence-corrected chi connectivity index (χ0v) is 41.9. The van der Waals surface area contributed by atoms with Gasteiger partial charge in [-0.2, -0.15) is 12.8 Å². The number of halogens is 3. The zero-order valence-electron chi connectivity index (χ0n) is 35.3. The molecule has 60 heavy (non-hydrogen) atoms. The van der Waals surface area contributed by atoms with E-state index < -0.39 is 0 Å². The van der Waals surface area contributed by atoms with Crippen LogP contribution in [0.5, 0.6) is 0 Å². The van der Waals surface area contributed by atoms with Crippen molar-refractivity contribution in [1.29, 1.82) is 0 Å². The molecular formula is C56H56F3Hs-. The van der Waals surface area contributed by atoms with Crippen LogP contribution in [-0.4, -0.2) is 0 Å². The minimum Gasteiger partial charge on any atom is -0.328 e. The van der Waals surface area contributed by atoms with Crippen molar-refractivity contribution in [2.24, 2.45) is 11.8 Å². The second kappa shape index (κ2) is 17.8. The number of rotatable bonds is 8. The second-order valence-electron chi connectivity index (χ2n) is 18.2. The minimum atomic E-state index is -0.367. The van der Waals surface area contributed by atoms with Crippen molar-refractivity contribution in [3.8, 4) is 55.6 Å². The summed E-state index contributed by atoms with van der Waals surface area (Å²) < 4.78 is 47.1. The monoisotopic (exact) mass is 1050 g/mol. The molecule has 0 aliphatic heterocycles. The predicted octanol–water partition coefficient (Wildman–Crippen LogP) is 16.9. The van der Waals surface area contributed by atoms with Gasteiger partial charge in [0.15, 0.2) is 0 Å². The molecule has 0 atom stereocenters. The predicted molar refractivity (Wildman–Crippen MR) is 240 cm³/mol. The van der Waals surface area contributed by atoms with Gasteiger partial charge in [-0.3, -0.25) is 0 Å². The first-order valence-electron chi connectivity index (χ1n) is 22.3. The summed E-state index contributed by atoms with van der Waals surface area (Å²) in [5.74, 6) is 1.97. The van der Waals surface area contributed by atoms with Crippen molar-refractivity contribution in [2.45, 2.75) is 109 Å². The number of hydrogen-bond donors (Lipinski definition) is 0. The van der Waals surface area contributed by atoms with Crippen molar-refractivity contribution in [1.82, 2.24) is 0 Å². The normalized spacial score (nSPS) is 21.0. The van der Waals surface area contributed by atoms with Gasteiger partial charge in [0.25, 0.3) is 0 Å². The largest absolute Gasteiger partial charge is 0.328 e. The Labute approximate surface area is 349 Å². The molecule has 0 amide bonds. The first-order chi connectivity index (χ1) is 28.8. The molecule has 3 saturated carbocycles. The van der Waals surface area contributed by atoms with Gasteiger partial charge < -0.3 is 6.42 Å². The maximum absolute atomic E-state index is 17.4. The summed E-state index contributed by atoms with van der Waals surface area (Å²) >= 11 is 0. The first kappa shape index (κ1) is 40.9. The standard InChI is InChI=1S/C56H56F3.Hs/c1-36-8-12-39(13-9-36)41-16-20-43(21-17-41)50-31-29-48(58)33-53(50)54-35-56(59)55(34-51(54)45-22-18-40(19-23-45)38-6-4-3-5-7-38)52-32-46(42-14-10-37(2)11-15-42)26-30-49(52)44-24-27-47(57)28-25-44;/h3,16-39,42H,4-15H2,1-2H3;/q-1;. The van der Waals surface area contributed by atoms with Crippen molar-refractivity contribution in [2.75, 3.05) is 0 Å². The fourth-order valence-corrected chi connectivity index (χ4v) is 10.5. The average molecular weight is 1060 g/mol. The van der Waals surface area contributed by atoms with E-state index in [1.807, 2.05) is 12.1 Å². The Kier molecular flexibility index (Phi) is 12.1. The van der Waals surface area contributed by atoms with E-state index >= 15 is 8.78 Å². The Morgan fingerprint density at radius 3 is 1.35 bits per heavy atom. The van der Waals surface area contributed by atoms with Crippen LogP contribution in [0.1, 0.15) is 125 Å². The molecule has 4 heteroatoms. The molecule has 304 valence electrons. The number of hydrogen-bond acceptors (Lipinski definition) is 0. The van der Waals surface area contributed by atoms with E-state index in [0.29, 0.717) is 40.4 Å². The molecule has 3 aliphatic rings. The summed E-state index contributed by atoms with van der Waals surface area (Å²) in [7, 11) is 0. The molecule has 0 radical (unpaired) electrons. The Bertz CT molecular complexity index is 2380. The van der Waals surface area contributed by atoms with Gasteiger partial charge in [-0.05, 0) is 158 Å². The zero-order chi connectivity index (χ0) is 40.5. The van der Waals surface area contributed by atoms with Crippen molar-refractivity contribution in [3.05, 3.63) is 162 Å². The van der Waals surface area contributed by atoms with Crippen LogP contribution in [0.15, 0.2) is 121 Å². The van der Waals surface area contributed by atoms with E-state index in [1.54, 1.807) is 24.3 Å². The molecule has 3 aliphatic carbocycles. The molecule has 0 heterocycles. The topological polar surface area (TPSA) is 0 Å². The van der Waals surface area contributed by atoms with Crippen molar-refractivity contribution < 1.29 is 13.2 Å². The van der Waals surface area contributed by atoms with E-state index in [9.17, 15) is 4.39 Å². The molecule has 0 aromatic heterocycles. The van der Waals surface area contributed by atoms with Crippen LogP contribution < -0.4 is 0 Å². The number of benzene rings is 6. The van der Waals surface area contributed by atoms with Crippen LogP contribution in [0.25, 0.3) is 55.6 Å². The van der Waals surface area contributed by atoms with Gasteiger partial charge in [-0.15, -0.1) is 0 Å². The van der Waals surface area contributed by atoms with Gasteiger partial charge in [0, 0.05) is 5.56 Å². The molecule has 0 saturated heterocycles. The Morgan fingerprint density at radius 1 is 0.367 bits per heavy atom. The van der Waals surface area contributed by atoms with Crippen molar-refractivity contribution >= 4 is 0 Å². The Hall–Kier alpha value is -5.89. The quantitative estimate of drug-likeness (QED) is 0.133. The van der Waals surface area contributed by atoms with Gasteiger partial charge in [-0.1, -0.05) is 137 Å². The van der Waals surface area contributed by atoms with E-state index in [4.69, 9.17) is 0 Å². The van der Waals surface area contributed by atoms with E-state index in [1.165, 1.54) is 73.4 Å². The Balaban J connectivity index is 0.00000499. The SMILES string of the molecule is CC1CCC(c2ccc(-c3ccc(F)cc3-c3cc(F)c(-c4cc(C5CCC(C)CC5)ccc4-c4ccc(F)cc4)cc3-c3ccc(C4CC[CH-]CC4)cc3)cc2)CC1.[Hs]. The van der Waals surface area contributed by atoms with Crippen LogP contribution in [0, 0.1) is 35.7 Å². The third kappa shape index (κ3) is 8.56. The summed E-state index contributed by atoms with van der Waals surface area (Å²) in [6.45, 7) is 4.68. The molecule has 3 fully saturated rings. The molecule has 0 spiro atoms. The maximum Gasteiger partial charge on any atom is 0.131 e. The minimum absolute atomic E-state index is 0. The summed E-state index contributed by atoms with van der Waals surface area (Å²) in [6.07, 6.45) is 16.5. The van der Waals surface area contributed by atoms with Crippen molar-refractivity contribution in [3.63, 3.8) is 0 Å². The van der Waals surface area contributed by atoms with Crippen LogP contribution >= 0.6 is 0 Å². The Morgan fingerprint density at radius 2 is 0.783 bits per heavy atom. The first-order valence-corrected chi connectivity index (χ1v) is 22.3. The summed E-state index contributed by atoms with van der Waals surface area (Å²) in [5.41, 5.74) is 11.9. The van der Waals surface area contributed by atoms with Crippen LogP contribution in [-0.2, 0) is 0 Å². The third-order valence-corrected chi connectivity index (χ3v) is 14.2. The second-order valence-corrected chi connectivity index (χ2v) is 18.2. The van der Waals surface area contributed by atoms with E-state index in [2.05, 4.69) is 87.0 Å². The smallest absolute Gasteiger partial charge is 0.131 e. The van der Waals surface area contributed by atoms with E-state index in [-0.39, 0.29) is 17.5 Å². The summed E-state index contributed by atoms with van der Waals surface area (Å²) in [4.78, 5) is 0. The third-order valence-electron chi connectivity index (χ3n) is 14.2. The molecule has 0 bridgehead atoms. The molecule has 0 nitrogen and oxygen atoms in total. The molecule has 9 rings (SSSR count). The molecule has 6 aromatic rings. The van der Waals surface area contributed by atoms with E-state index in [0.717, 1.165) is 83.4 Å². The van der Waals surface area contributed by atoms with Crippen LogP contribution in [0.3, 0.4) is 0 Å². The van der Waals surface area contributed by atoms with Gasteiger partial charge in [0.05, 0.1) is 0 Å².